The number of hydrogen-bond acceptors (Lipinski definition) is 5. The lowest BCUT2D eigenvalue weighted by Gasteiger charge is -2.30. The molecule has 9 heteroatoms. The van der Waals surface area contributed by atoms with Crippen LogP contribution in [0.5, 0.6) is 5.75 Å². The minimum Gasteiger partial charge on any atom is -0.497 e. The summed E-state index contributed by atoms with van der Waals surface area (Å²) in [4.78, 5) is 39.2. The topological polar surface area (TPSA) is 99.2 Å². The number of methoxy groups -OCH3 is 1. The second-order valence-corrected chi connectivity index (χ2v) is 7.71. The predicted molar refractivity (Wildman–Crippen MR) is 115 cm³/mol. The number of benzene rings is 1. The van der Waals surface area contributed by atoms with Crippen LogP contribution in [0.3, 0.4) is 0 Å². The molecule has 0 aromatic heterocycles. The molecule has 2 fully saturated rings. The van der Waals surface area contributed by atoms with Crippen molar-refractivity contribution in [2.75, 3.05) is 26.7 Å². The molecule has 30 heavy (non-hydrogen) atoms. The molecule has 2 aliphatic rings. The van der Waals surface area contributed by atoms with Crippen molar-refractivity contribution < 1.29 is 24.2 Å². The normalized spacial score (nSPS) is 18.6. The Morgan fingerprint density at radius 3 is 2.73 bits per heavy atom. The molecule has 0 spiro atoms. The molecule has 0 radical (unpaired) electrons. The molecule has 0 bridgehead atoms. The third kappa shape index (κ3) is 5.15. The van der Waals surface area contributed by atoms with Crippen LogP contribution in [0.25, 0.3) is 6.08 Å². The van der Waals surface area contributed by atoms with E-state index in [-0.39, 0.29) is 17.7 Å². The first kappa shape index (κ1) is 21.8. The van der Waals surface area contributed by atoms with Gasteiger partial charge >= 0.3 is 5.97 Å². The second kappa shape index (κ2) is 9.71. The summed E-state index contributed by atoms with van der Waals surface area (Å²) in [6.45, 7) is 1.27. The molecular weight excluding hydrogens is 406 g/mol. The van der Waals surface area contributed by atoms with E-state index in [1.54, 1.807) is 18.1 Å². The molecule has 0 atom stereocenters. The van der Waals surface area contributed by atoms with Crippen LogP contribution < -0.4 is 10.1 Å². The fourth-order valence-corrected chi connectivity index (χ4v) is 3.88. The number of carboxylic acid groups (broad SMARTS) is 1. The van der Waals surface area contributed by atoms with Gasteiger partial charge in [0, 0.05) is 26.1 Å². The molecule has 2 heterocycles. The van der Waals surface area contributed by atoms with Crippen molar-refractivity contribution in [3.8, 4) is 5.75 Å². The number of aliphatic carboxylic acids is 1. The van der Waals surface area contributed by atoms with Crippen molar-refractivity contribution in [3.63, 3.8) is 0 Å². The van der Waals surface area contributed by atoms with Crippen molar-refractivity contribution in [1.29, 1.82) is 0 Å². The van der Waals surface area contributed by atoms with Gasteiger partial charge in [-0.25, -0.2) is 0 Å². The number of amides is 2. The van der Waals surface area contributed by atoms with E-state index in [1.807, 2.05) is 24.3 Å². The zero-order valence-electron chi connectivity index (χ0n) is 16.8. The van der Waals surface area contributed by atoms with Gasteiger partial charge in [-0.1, -0.05) is 12.1 Å². The van der Waals surface area contributed by atoms with Crippen LogP contribution in [0.4, 0.5) is 0 Å². The number of hydrogen-bond donors (Lipinski definition) is 2. The molecule has 0 saturated carbocycles. The lowest BCUT2D eigenvalue weighted by molar-refractivity contribution is -0.145. The zero-order valence-corrected chi connectivity index (χ0v) is 17.6. The van der Waals surface area contributed by atoms with Gasteiger partial charge in [0.1, 0.15) is 11.4 Å². The maximum absolute atomic E-state index is 12.7. The third-order valence-corrected chi connectivity index (χ3v) is 5.66. The number of nitrogens with one attached hydrogen (secondary N) is 1. The summed E-state index contributed by atoms with van der Waals surface area (Å²) in [5.74, 6) is -0.711. The summed E-state index contributed by atoms with van der Waals surface area (Å²) >= 11 is 5.28. The number of likely N-dealkylation sites (tertiary alicyclic amines) is 1. The Morgan fingerprint density at radius 2 is 2.07 bits per heavy atom. The van der Waals surface area contributed by atoms with Crippen molar-refractivity contribution in [3.05, 3.63) is 35.5 Å². The first-order valence-electron chi connectivity index (χ1n) is 9.88. The van der Waals surface area contributed by atoms with E-state index in [0.29, 0.717) is 61.9 Å². The van der Waals surface area contributed by atoms with Crippen LogP contribution in [0.2, 0.25) is 0 Å². The van der Waals surface area contributed by atoms with E-state index in [2.05, 4.69) is 5.32 Å². The van der Waals surface area contributed by atoms with Gasteiger partial charge in [0.05, 0.1) is 13.0 Å². The molecule has 2 saturated heterocycles. The fourth-order valence-electron chi connectivity index (χ4n) is 3.60. The monoisotopic (exact) mass is 431 g/mol. The standard InChI is InChI=1S/C21H25N3O5S/c1-29-16-5-2-4-14(12-16)13-17-19(26)24(21(30)22-17)9-3-6-18(25)23-10-7-15(8-11-23)20(27)28/h2,4-5,12-13,15H,3,6-11H2,1H3,(H,22,30)(H,27,28). The Labute approximate surface area is 180 Å². The van der Waals surface area contributed by atoms with Crippen molar-refractivity contribution in [2.45, 2.75) is 25.7 Å². The highest BCUT2D eigenvalue weighted by molar-refractivity contribution is 7.80. The van der Waals surface area contributed by atoms with Crippen molar-refractivity contribution >= 4 is 41.2 Å². The van der Waals surface area contributed by atoms with Crippen molar-refractivity contribution in [1.82, 2.24) is 15.1 Å². The van der Waals surface area contributed by atoms with Crippen LogP contribution in [0, 0.1) is 5.92 Å². The minimum absolute atomic E-state index is 0.0171. The zero-order chi connectivity index (χ0) is 21.7. The Balaban J connectivity index is 1.50. The smallest absolute Gasteiger partial charge is 0.306 e. The Bertz CT molecular complexity index is 877. The molecule has 2 amide bonds. The van der Waals surface area contributed by atoms with E-state index >= 15 is 0 Å². The lowest BCUT2D eigenvalue weighted by Crippen LogP contribution is -2.40. The van der Waals surface area contributed by atoms with E-state index in [4.69, 9.17) is 22.1 Å². The number of thiocarbonyl (C=S) groups is 1. The van der Waals surface area contributed by atoms with Gasteiger partial charge in [-0.3, -0.25) is 19.3 Å². The van der Waals surface area contributed by atoms with Gasteiger partial charge in [0.25, 0.3) is 5.91 Å². The molecule has 0 unspecified atom stereocenters. The number of piperidine rings is 1. The van der Waals surface area contributed by atoms with Crippen LogP contribution in [-0.4, -0.2) is 64.5 Å². The molecule has 3 rings (SSSR count). The summed E-state index contributed by atoms with van der Waals surface area (Å²) in [5, 5.41) is 12.3. The third-order valence-electron chi connectivity index (χ3n) is 5.34. The number of ether oxygens (including phenoxy) is 1. The van der Waals surface area contributed by atoms with Crippen LogP contribution >= 0.6 is 12.2 Å². The minimum atomic E-state index is -0.798. The number of carbonyl (C=O) groups is 3. The van der Waals surface area contributed by atoms with Crippen LogP contribution in [0.15, 0.2) is 30.0 Å². The predicted octanol–water partition coefficient (Wildman–Crippen LogP) is 1.86. The van der Waals surface area contributed by atoms with E-state index in [9.17, 15) is 14.4 Å². The van der Waals surface area contributed by atoms with Crippen LogP contribution in [-0.2, 0) is 14.4 Å². The maximum atomic E-state index is 12.7. The molecule has 2 N–H and O–H groups in total. The largest absolute Gasteiger partial charge is 0.497 e. The molecule has 0 aliphatic carbocycles. The van der Waals surface area contributed by atoms with E-state index < -0.39 is 5.97 Å². The number of nitrogens with zero attached hydrogens (tertiary/aromatic N) is 2. The number of rotatable bonds is 7. The fraction of sp³-hybridized carbons (Fsp3) is 0.429. The highest BCUT2D eigenvalue weighted by Crippen LogP contribution is 2.20. The van der Waals surface area contributed by atoms with Crippen molar-refractivity contribution in [2.24, 2.45) is 5.92 Å². The molecular formula is C21H25N3O5S. The highest BCUT2D eigenvalue weighted by atomic mass is 32.1. The number of carboxylic acids is 1. The van der Waals surface area contributed by atoms with Crippen LogP contribution in [0.1, 0.15) is 31.2 Å². The summed E-state index contributed by atoms with van der Waals surface area (Å²) < 4.78 is 5.20. The summed E-state index contributed by atoms with van der Waals surface area (Å²) in [7, 11) is 1.58. The average molecular weight is 432 g/mol. The first-order valence-corrected chi connectivity index (χ1v) is 10.3. The average Bonchev–Trinajstić information content (AvgIpc) is 3.01. The molecule has 1 aromatic rings. The van der Waals surface area contributed by atoms with Gasteiger partial charge in [0.15, 0.2) is 5.11 Å². The quantitative estimate of drug-likeness (QED) is 0.502. The van der Waals surface area contributed by atoms with Gasteiger partial charge in [-0.2, -0.15) is 0 Å². The van der Waals surface area contributed by atoms with E-state index in [0.717, 1.165) is 5.56 Å². The Kier molecular flexibility index (Phi) is 7.04. The molecule has 2 aliphatic heterocycles. The summed E-state index contributed by atoms with van der Waals surface area (Å²) in [6.07, 6.45) is 3.46. The number of carbonyl (C=O) groups excluding carboxylic acids is 2. The van der Waals surface area contributed by atoms with E-state index in [1.165, 1.54) is 4.90 Å². The second-order valence-electron chi connectivity index (χ2n) is 7.32. The first-order chi connectivity index (χ1) is 14.4. The van der Waals surface area contributed by atoms with Gasteiger partial charge < -0.3 is 20.1 Å². The van der Waals surface area contributed by atoms with Gasteiger partial charge in [-0.05, 0) is 55.3 Å². The summed E-state index contributed by atoms with van der Waals surface area (Å²) in [5.41, 5.74) is 1.20. The molecule has 160 valence electrons. The van der Waals surface area contributed by atoms with Gasteiger partial charge in [0.2, 0.25) is 5.91 Å². The van der Waals surface area contributed by atoms with Gasteiger partial charge in [-0.15, -0.1) is 0 Å². The Hall–Kier alpha value is -2.94. The maximum Gasteiger partial charge on any atom is 0.306 e. The lowest BCUT2D eigenvalue weighted by atomic mass is 9.97. The SMILES string of the molecule is COc1cccc(C=C2NC(=S)N(CCCC(=O)N3CCC(C(=O)O)CC3)C2=O)c1. The molecule has 8 nitrogen and oxygen atoms in total. The Morgan fingerprint density at radius 1 is 1.33 bits per heavy atom. The molecule has 1 aromatic carbocycles. The summed E-state index contributed by atoms with van der Waals surface area (Å²) in [6, 6.07) is 7.35. The highest BCUT2D eigenvalue weighted by Gasteiger charge is 2.31.